The minimum absolute atomic E-state index is 0.0433. The zero-order chi connectivity index (χ0) is 13.8. The lowest BCUT2D eigenvalue weighted by atomic mass is 9.80. The second kappa shape index (κ2) is 5.83. The van der Waals surface area contributed by atoms with Gasteiger partial charge in [0.15, 0.2) is 0 Å². The van der Waals surface area contributed by atoms with Gasteiger partial charge in [0.2, 0.25) is 5.90 Å². The van der Waals surface area contributed by atoms with E-state index in [1.807, 2.05) is 17.5 Å². The first-order valence-corrected chi connectivity index (χ1v) is 7.96. The van der Waals surface area contributed by atoms with Crippen molar-refractivity contribution < 1.29 is 9.53 Å². The van der Waals surface area contributed by atoms with Crippen molar-refractivity contribution in [1.82, 2.24) is 10.7 Å². The largest absolute Gasteiger partial charge is 0.414 e. The third kappa shape index (κ3) is 3.12. The van der Waals surface area contributed by atoms with Gasteiger partial charge in [0.1, 0.15) is 0 Å². The molecular formula is C14H19N3O2S. The monoisotopic (exact) mass is 293 g/mol. The summed E-state index contributed by atoms with van der Waals surface area (Å²) in [6, 6.07) is 3.95. The van der Waals surface area contributed by atoms with Crippen LogP contribution in [-0.4, -0.2) is 17.5 Å². The molecule has 2 heterocycles. The Hall–Kier alpha value is -1.56. The molecule has 0 saturated heterocycles. The lowest BCUT2D eigenvalue weighted by Gasteiger charge is -2.32. The second-order valence-corrected chi connectivity index (χ2v) is 6.49. The van der Waals surface area contributed by atoms with Gasteiger partial charge >= 0.3 is 6.09 Å². The third-order valence-electron chi connectivity index (χ3n) is 3.92. The Labute approximate surface area is 122 Å². The van der Waals surface area contributed by atoms with Crippen LogP contribution in [0.3, 0.4) is 0 Å². The minimum Gasteiger partial charge on any atom is -0.394 e. The van der Waals surface area contributed by atoms with Crippen molar-refractivity contribution in [3.8, 4) is 0 Å². The van der Waals surface area contributed by atoms with E-state index in [0.29, 0.717) is 12.4 Å². The number of amides is 1. The maximum absolute atomic E-state index is 11.7. The number of alkyl carbamates (subject to hydrolysis) is 1. The van der Waals surface area contributed by atoms with Gasteiger partial charge in [0.25, 0.3) is 0 Å². The molecule has 2 N–H and O–H groups in total. The SMILES string of the molecule is O=C(NCc1cccs1)OC1=NNC2(CCCCC2)C1. The van der Waals surface area contributed by atoms with Crippen LogP contribution in [0.2, 0.25) is 0 Å². The lowest BCUT2D eigenvalue weighted by Crippen LogP contribution is -2.41. The molecule has 1 aliphatic heterocycles. The van der Waals surface area contributed by atoms with E-state index in [2.05, 4.69) is 15.8 Å². The molecule has 1 spiro atoms. The molecule has 1 saturated carbocycles. The van der Waals surface area contributed by atoms with Crippen molar-refractivity contribution in [3.05, 3.63) is 22.4 Å². The summed E-state index contributed by atoms with van der Waals surface area (Å²) in [7, 11) is 0. The first-order valence-electron chi connectivity index (χ1n) is 7.08. The Kier molecular flexibility index (Phi) is 3.91. The van der Waals surface area contributed by atoms with Gasteiger partial charge in [-0.05, 0) is 24.3 Å². The van der Waals surface area contributed by atoms with E-state index in [4.69, 9.17) is 4.74 Å². The summed E-state index contributed by atoms with van der Waals surface area (Å²) in [5, 5.41) is 8.91. The molecule has 1 aromatic heterocycles. The summed E-state index contributed by atoms with van der Waals surface area (Å²) >= 11 is 1.61. The second-order valence-electron chi connectivity index (χ2n) is 5.46. The normalized spacial score (nSPS) is 20.3. The summed E-state index contributed by atoms with van der Waals surface area (Å²) in [4.78, 5) is 12.8. The van der Waals surface area contributed by atoms with Gasteiger partial charge in [-0.2, -0.15) is 0 Å². The van der Waals surface area contributed by atoms with Crippen LogP contribution in [0.4, 0.5) is 4.79 Å². The van der Waals surface area contributed by atoms with E-state index < -0.39 is 6.09 Å². The Bertz CT molecular complexity index is 493. The summed E-state index contributed by atoms with van der Waals surface area (Å²) in [6.07, 6.45) is 6.26. The molecule has 1 aliphatic carbocycles. The smallest absolute Gasteiger partial charge is 0.394 e. The standard InChI is InChI=1S/C14H19N3O2S/c18-13(15-10-11-5-4-8-20-11)19-12-9-14(17-16-12)6-2-1-3-7-14/h4-5,8,17H,1-3,6-7,9-10H2,(H,15,18). The van der Waals surface area contributed by atoms with E-state index in [1.54, 1.807) is 11.3 Å². The first-order chi connectivity index (χ1) is 9.76. The van der Waals surface area contributed by atoms with E-state index in [1.165, 1.54) is 19.3 Å². The number of rotatable bonds is 2. The quantitative estimate of drug-likeness (QED) is 0.881. The van der Waals surface area contributed by atoms with Crippen molar-refractivity contribution in [3.63, 3.8) is 0 Å². The molecule has 0 atom stereocenters. The van der Waals surface area contributed by atoms with Crippen molar-refractivity contribution >= 4 is 23.3 Å². The van der Waals surface area contributed by atoms with Crippen LogP contribution in [0.25, 0.3) is 0 Å². The van der Waals surface area contributed by atoms with Crippen LogP contribution in [0.1, 0.15) is 43.4 Å². The summed E-state index contributed by atoms with van der Waals surface area (Å²) in [5.41, 5.74) is 3.23. The summed E-state index contributed by atoms with van der Waals surface area (Å²) < 4.78 is 5.28. The summed E-state index contributed by atoms with van der Waals surface area (Å²) in [6.45, 7) is 0.502. The highest BCUT2D eigenvalue weighted by molar-refractivity contribution is 7.09. The highest BCUT2D eigenvalue weighted by atomic mass is 32.1. The predicted octanol–water partition coefficient (Wildman–Crippen LogP) is 2.98. The number of carbonyl (C=O) groups is 1. The molecule has 5 nitrogen and oxygen atoms in total. The molecule has 0 bridgehead atoms. The summed E-state index contributed by atoms with van der Waals surface area (Å²) in [5.74, 6) is 0.510. The van der Waals surface area contributed by atoms with Crippen molar-refractivity contribution in [2.24, 2.45) is 5.10 Å². The van der Waals surface area contributed by atoms with E-state index in [9.17, 15) is 4.79 Å². The van der Waals surface area contributed by atoms with Crippen molar-refractivity contribution in [2.45, 2.75) is 50.6 Å². The van der Waals surface area contributed by atoms with E-state index >= 15 is 0 Å². The Balaban J connectivity index is 1.45. The topological polar surface area (TPSA) is 62.7 Å². The number of nitrogens with zero attached hydrogens (tertiary/aromatic N) is 1. The Morgan fingerprint density at radius 1 is 1.45 bits per heavy atom. The van der Waals surface area contributed by atoms with Gasteiger partial charge in [-0.25, -0.2) is 4.79 Å². The van der Waals surface area contributed by atoms with Gasteiger partial charge < -0.3 is 15.5 Å². The third-order valence-corrected chi connectivity index (χ3v) is 4.79. The average molecular weight is 293 g/mol. The molecule has 0 radical (unpaired) electrons. The molecule has 6 heteroatoms. The van der Waals surface area contributed by atoms with Gasteiger partial charge in [-0.3, -0.25) is 0 Å². The zero-order valence-electron chi connectivity index (χ0n) is 11.4. The molecule has 0 unspecified atom stereocenters. The van der Waals surface area contributed by atoms with Crippen LogP contribution in [-0.2, 0) is 11.3 Å². The molecule has 0 aromatic carbocycles. The van der Waals surface area contributed by atoms with Gasteiger partial charge in [-0.1, -0.05) is 25.3 Å². The van der Waals surface area contributed by atoms with Gasteiger partial charge in [0, 0.05) is 4.88 Å². The van der Waals surface area contributed by atoms with Gasteiger partial charge in [0.05, 0.1) is 18.5 Å². The molecule has 108 valence electrons. The number of ether oxygens (including phenoxy) is 1. The first kappa shape index (κ1) is 13.4. The number of hydrogen-bond donors (Lipinski definition) is 2. The molecule has 1 aromatic rings. The van der Waals surface area contributed by atoms with Crippen LogP contribution in [0.5, 0.6) is 0 Å². The number of hydrazone groups is 1. The number of thiophene rings is 1. The number of hydrogen-bond acceptors (Lipinski definition) is 5. The van der Waals surface area contributed by atoms with Crippen molar-refractivity contribution in [2.75, 3.05) is 0 Å². The minimum atomic E-state index is -0.424. The lowest BCUT2D eigenvalue weighted by molar-refractivity contribution is 0.194. The highest BCUT2D eigenvalue weighted by Gasteiger charge is 2.38. The maximum Gasteiger partial charge on any atom is 0.414 e. The number of nitrogens with one attached hydrogen (secondary N) is 2. The van der Waals surface area contributed by atoms with Crippen LogP contribution in [0, 0.1) is 0 Å². The van der Waals surface area contributed by atoms with E-state index in [-0.39, 0.29) is 5.54 Å². The molecule has 20 heavy (non-hydrogen) atoms. The average Bonchev–Trinajstić information content (AvgIpc) is 3.08. The van der Waals surface area contributed by atoms with Crippen LogP contribution < -0.4 is 10.7 Å². The van der Waals surface area contributed by atoms with Crippen LogP contribution in [0.15, 0.2) is 22.6 Å². The molecule has 1 fully saturated rings. The Morgan fingerprint density at radius 2 is 2.30 bits per heavy atom. The predicted molar refractivity (Wildman–Crippen MR) is 78.6 cm³/mol. The highest BCUT2D eigenvalue weighted by Crippen LogP contribution is 2.34. The van der Waals surface area contributed by atoms with E-state index in [0.717, 1.165) is 24.1 Å². The molecule has 1 amide bonds. The fraction of sp³-hybridized carbons (Fsp3) is 0.571. The maximum atomic E-state index is 11.7. The number of carbonyl (C=O) groups excluding carboxylic acids is 1. The van der Waals surface area contributed by atoms with Gasteiger partial charge in [-0.15, -0.1) is 16.4 Å². The fourth-order valence-corrected chi connectivity index (χ4v) is 3.49. The van der Waals surface area contributed by atoms with Crippen LogP contribution >= 0.6 is 11.3 Å². The molecule has 2 aliphatic rings. The Morgan fingerprint density at radius 3 is 3.05 bits per heavy atom. The zero-order valence-corrected chi connectivity index (χ0v) is 12.2. The van der Waals surface area contributed by atoms with Crippen molar-refractivity contribution in [1.29, 1.82) is 0 Å². The fourth-order valence-electron chi connectivity index (χ4n) is 2.84. The molecular weight excluding hydrogens is 274 g/mol. The molecule has 3 rings (SSSR count).